The van der Waals surface area contributed by atoms with Gasteiger partial charge in [0, 0.05) is 17.6 Å². The molecule has 104 valence electrons. The molecule has 0 bridgehead atoms. The molecule has 20 heavy (non-hydrogen) atoms. The van der Waals surface area contributed by atoms with Gasteiger partial charge in [-0.25, -0.2) is 0 Å². The summed E-state index contributed by atoms with van der Waals surface area (Å²) in [6.07, 6.45) is 2.70. The summed E-state index contributed by atoms with van der Waals surface area (Å²) in [7, 11) is 0. The highest BCUT2D eigenvalue weighted by Gasteiger charge is 2.25. The molecule has 2 aromatic rings. The van der Waals surface area contributed by atoms with Crippen molar-refractivity contribution in [3.63, 3.8) is 0 Å². The third kappa shape index (κ3) is 3.23. The maximum absolute atomic E-state index is 6.05. The minimum Gasteiger partial charge on any atom is -0.306 e. The van der Waals surface area contributed by atoms with Gasteiger partial charge in [-0.3, -0.25) is 0 Å². The molecule has 3 rings (SSSR count). The molecule has 1 aliphatic rings. The van der Waals surface area contributed by atoms with Crippen LogP contribution in [-0.4, -0.2) is 0 Å². The van der Waals surface area contributed by atoms with E-state index in [4.69, 9.17) is 11.6 Å². The van der Waals surface area contributed by atoms with Gasteiger partial charge in [-0.05, 0) is 54.5 Å². The second kappa shape index (κ2) is 5.99. The topological polar surface area (TPSA) is 12.0 Å². The van der Waals surface area contributed by atoms with E-state index in [0.717, 1.165) is 17.5 Å². The van der Waals surface area contributed by atoms with Gasteiger partial charge in [0.2, 0.25) is 0 Å². The zero-order chi connectivity index (χ0) is 13.9. The van der Waals surface area contributed by atoms with Crippen LogP contribution in [0.4, 0.5) is 0 Å². The van der Waals surface area contributed by atoms with Crippen molar-refractivity contribution < 1.29 is 0 Å². The Morgan fingerprint density at radius 1 is 1.15 bits per heavy atom. The first-order valence-electron chi connectivity index (χ1n) is 7.30. The van der Waals surface area contributed by atoms with Gasteiger partial charge < -0.3 is 5.32 Å². The molecule has 0 saturated heterocycles. The van der Waals surface area contributed by atoms with E-state index in [9.17, 15) is 0 Å². The molecule has 0 spiro atoms. The van der Waals surface area contributed by atoms with Crippen molar-refractivity contribution in [3.05, 3.63) is 70.2 Å². The fourth-order valence-corrected chi connectivity index (χ4v) is 2.84. The highest BCUT2D eigenvalue weighted by Crippen LogP contribution is 2.41. The molecule has 0 heterocycles. The summed E-state index contributed by atoms with van der Waals surface area (Å²) >= 11 is 6.05. The molecule has 1 fully saturated rings. The maximum atomic E-state index is 6.05. The lowest BCUT2D eigenvalue weighted by atomic mass is 10.0. The maximum Gasteiger partial charge on any atom is 0.0409 e. The van der Waals surface area contributed by atoms with Crippen LogP contribution >= 0.6 is 11.6 Å². The van der Waals surface area contributed by atoms with E-state index in [0.29, 0.717) is 6.04 Å². The Hall–Kier alpha value is -1.31. The van der Waals surface area contributed by atoms with Crippen molar-refractivity contribution in [2.45, 2.75) is 38.3 Å². The normalized spacial score (nSPS) is 16.1. The summed E-state index contributed by atoms with van der Waals surface area (Å²) in [5, 5.41) is 4.41. The van der Waals surface area contributed by atoms with Crippen LogP contribution in [0.1, 0.15) is 48.4 Å². The van der Waals surface area contributed by atoms with Gasteiger partial charge in [-0.1, -0.05) is 48.0 Å². The van der Waals surface area contributed by atoms with Crippen molar-refractivity contribution in [3.8, 4) is 0 Å². The first kappa shape index (κ1) is 13.7. The molecule has 0 amide bonds. The molecule has 2 heteroatoms. The van der Waals surface area contributed by atoms with E-state index >= 15 is 0 Å². The van der Waals surface area contributed by atoms with Crippen LogP contribution in [0.5, 0.6) is 0 Å². The van der Waals surface area contributed by atoms with E-state index in [1.807, 2.05) is 18.2 Å². The van der Waals surface area contributed by atoms with Gasteiger partial charge >= 0.3 is 0 Å². The number of rotatable bonds is 5. The second-order valence-corrected chi connectivity index (χ2v) is 6.07. The van der Waals surface area contributed by atoms with Crippen LogP contribution in [0.25, 0.3) is 0 Å². The smallest absolute Gasteiger partial charge is 0.0409 e. The number of hydrogen-bond donors (Lipinski definition) is 1. The molecule has 1 saturated carbocycles. The lowest BCUT2D eigenvalue weighted by Crippen LogP contribution is -2.18. The second-order valence-electron chi connectivity index (χ2n) is 5.63. The van der Waals surface area contributed by atoms with E-state index in [1.165, 1.54) is 29.5 Å². The molecular weight excluding hydrogens is 266 g/mol. The van der Waals surface area contributed by atoms with Crippen molar-refractivity contribution in [1.82, 2.24) is 5.32 Å². The van der Waals surface area contributed by atoms with Crippen molar-refractivity contribution >= 4 is 11.6 Å². The Labute approximate surface area is 126 Å². The third-order valence-corrected chi connectivity index (χ3v) is 4.25. The summed E-state index contributed by atoms with van der Waals surface area (Å²) in [6.45, 7) is 3.10. The molecule has 1 atom stereocenters. The average molecular weight is 286 g/mol. The summed E-state index contributed by atoms with van der Waals surface area (Å²) in [6, 6.07) is 17.2. The number of benzene rings is 2. The number of nitrogens with one attached hydrogen (secondary N) is 1. The molecule has 0 aromatic heterocycles. The molecule has 0 radical (unpaired) electrons. The average Bonchev–Trinajstić information content (AvgIpc) is 3.29. The molecule has 2 aromatic carbocycles. The molecule has 0 unspecified atom stereocenters. The van der Waals surface area contributed by atoms with E-state index in [1.54, 1.807) is 0 Å². The summed E-state index contributed by atoms with van der Waals surface area (Å²) in [4.78, 5) is 0. The van der Waals surface area contributed by atoms with E-state index in [-0.39, 0.29) is 0 Å². The van der Waals surface area contributed by atoms with Gasteiger partial charge in [-0.2, -0.15) is 0 Å². The minimum atomic E-state index is 0.306. The highest BCUT2D eigenvalue weighted by atomic mass is 35.5. The molecule has 1 N–H and O–H groups in total. The zero-order valence-electron chi connectivity index (χ0n) is 11.8. The van der Waals surface area contributed by atoms with Crippen LogP contribution in [0.2, 0.25) is 5.02 Å². The first-order chi connectivity index (χ1) is 9.74. The lowest BCUT2D eigenvalue weighted by Gasteiger charge is -2.16. The Bertz CT molecular complexity index is 589. The third-order valence-electron chi connectivity index (χ3n) is 4.02. The molecule has 1 aliphatic carbocycles. The molecule has 1 nitrogen and oxygen atoms in total. The monoisotopic (exact) mass is 285 g/mol. The van der Waals surface area contributed by atoms with Crippen molar-refractivity contribution in [2.75, 3.05) is 0 Å². The fraction of sp³-hybridized carbons (Fsp3) is 0.333. The van der Waals surface area contributed by atoms with Crippen LogP contribution in [0, 0.1) is 0 Å². The lowest BCUT2D eigenvalue weighted by molar-refractivity contribution is 0.572. The number of hydrogen-bond acceptors (Lipinski definition) is 1. The van der Waals surface area contributed by atoms with Crippen LogP contribution in [0.15, 0.2) is 48.5 Å². The molecule has 0 aliphatic heterocycles. The SMILES string of the molecule is C[C@H](NCc1ccccc1C1CC1)c1cccc(Cl)c1. The standard InChI is InChI=1S/C18H20ClN/c1-13(15-6-4-7-17(19)11-15)20-12-16-5-2-3-8-18(16)14-9-10-14/h2-8,11,13-14,20H,9-10,12H2,1H3/t13-/m0/s1. The summed E-state index contributed by atoms with van der Waals surface area (Å²) in [5.41, 5.74) is 4.20. The van der Waals surface area contributed by atoms with Crippen molar-refractivity contribution in [1.29, 1.82) is 0 Å². The Morgan fingerprint density at radius 2 is 1.95 bits per heavy atom. The number of halogens is 1. The van der Waals surface area contributed by atoms with E-state index in [2.05, 4.69) is 42.6 Å². The van der Waals surface area contributed by atoms with Crippen LogP contribution < -0.4 is 5.32 Å². The zero-order valence-corrected chi connectivity index (χ0v) is 12.5. The molecular formula is C18H20ClN. The van der Waals surface area contributed by atoms with Gasteiger partial charge in [0.25, 0.3) is 0 Å². The van der Waals surface area contributed by atoms with Crippen LogP contribution in [-0.2, 0) is 6.54 Å². The van der Waals surface area contributed by atoms with Gasteiger partial charge in [-0.15, -0.1) is 0 Å². The Kier molecular flexibility index (Phi) is 4.09. The first-order valence-corrected chi connectivity index (χ1v) is 7.68. The fourth-order valence-electron chi connectivity index (χ4n) is 2.64. The van der Waals surface area contributed by atoms with Crippen LogP contribution in [0.3, 0.4) is 0 Å². The van der Waals surface area contributed by atoms with E-state index < -0.39 is 0 Å². The Morgan fingerprint density at radius 3 is 2.70 bits per heavy atom. The van der Waals surface area contributed by atoms with Gasteiger partial charge in [0.05, 0.1) is 0 Å². The largest absolute Gasteiger partial charge is 0.306 e. The van der Waals surface area contributed by atoms with Crippen molar-refractivity contribution in [2.24, 2.45) is 0 Å². The summed E-state index contributed by atoms with van der Waals surface area (Å²) < 4.78 is 0. The van der Waals surface area contributed by atoms with Gasteiger partial charge in [0.15, 0.2) is 0 Å². The minimum absolute atomic E-state index is 0.306. The highest BCUT2D eigenvalue weighted by molar-refractivity contribution is 6.30. The van der Waals surface area contributed by atoms with Gasteiger partial charge in [0.1, 0.15) is 0 Å². The predicted octanol–water partition coefficient (Wildman–Crippen LogP) is 5.07. The Balaban J connectivity index is 1.67. The quantitative estimate of drug-likeness (QED) is 0.809. The summed E-state index contributed by atoms with van der Waals surface area (Å²) in [5.74, 6) is 0.800. The predicted molar refractivity (Wildman–Crippen MR) is 85.1 cm³/mol.